The van der Waals surface area contributed by atoms with E-state index < -0.39 is 0 Å². The van der Waals surface area contributed by atoms with Crippen LogP contribution in [0.2, 0.25) is 4.34 Å². The number of hydrogen-bond acceptors (Lipinski definition) is 2. The predicted octanol–water partition coefficient (Wildman–Crippen LogP) is 6.16. The molecule has 0 bridgehead atoms. The largest absolute Gasteiger partial charge is 0.380 e. The summed E-state index contributed by atoms with van der Waals surface area (Å²) in [5.41, 5.74) is 3.67. The zero-order valence-electron chi connectivity index (χ0n) is 9.98. The molecule has 0 saturated carbocycles. The number of nitrogens with one attached hydrogen (secondary N) is 1. The fourth-order valence-electron chi connectivity index (χ4n) is 1.84. The highest BCUT2D eigenvalue weighted by atomic mass is 79.9. The Hall–Kier alpha value is -0.0300. The molecule has 18 heavy (non-hydrogen) atoms. The molecular weight excluding hydrogens is 397 g/mol. The summed E-state index contributed by atoms with van der Waals surface area (Å²) in [5, 5.41) is 3.48. The molecule has 0 spiro atoms. The van der Waals surface area contributed by atoms with Gasteiger partial charge in [-0.1, -0.05) is 27.5 Å². The first-order chi connectivity index (χ1) is 8.47. The van der Waals surface area contributed by atoms with Crippen molar-refractivity contribution in [3.05, 3.63) is 47.5 Å². The molecule has 5 heteroatoms. The number of hydrogen-bond donors (Lipinski definition) is 1. The minimum Gasteiger partial charge on any atom is -0.380 e. The van der Waals surface area contributed by atoms with Gasteiger partial charge in [-0.2, -0.15) is 0 Å². The smallest absolute Gasteiger partial charge is 0.107 e. The minimum atomic E-state index is 0.791. The SMILES string of the molecule is Cc1cc(Br)cc(C)c1NCc1cc(Br)c(Cl)s1. The normalized spacial score (nSPS) is 10.7. The Morgan fingerprint density at radius 2 is 1.78 bits per heavy atom. The molecule has 0 fully saturated rings. The highest BCUT2D eigenvalue weighted by Crippen LogP contribution is 2.33. The topological polar surface area (TPSA) is 12.0 Å². The van der Waals surface area contributed by atoms with Gasteiger partial charge in [0.25, 0.3) is 0 Å². The van der Waals surface area contributed by atoms with Gasteiger partial charge < -0.3 is 5.32 Å². The van der Waals surface area contributed by atoms with E-state index in [4.69, 9.17) is 11.6 Å². The molecule has 1 aromatic carbocycles. The molecule has 0 atom stereocenters. The zero-order chi connectivity index (χ0) is 13.3. The van der Waals surface area contributed by atoms with Gasteiger partial charge in [0, 0.05) is 26.1 Å². The first-order valence-corrected chi connectivity index (χ1v) is 8.19. The lowest BCUT2D eigenvalue weighted by Gasteiger charge is -2.12. The summed E-state index contributed by atoms with van der Waals surface area (Å²) in [7, 11) is 0. The lowest BCUT2D eigenvalue weighted by atomic mass is 10.1. The van der Waals surface area contributed by atoms with Crippen molar-refractivity contribution in [3.8, 4) is 0 Å². The number of rotatable bonds is 3. The number of halogens is 3. The number of benzene rings is 1. The predicted molar refractivity (Wildman–Crippen MR) is 88.0 cm³/mol. The lowest BCUT2D eigenvalue weighted by molar-refractivity contribution is 1.16. The Morgan fingerprint density at radius 3 is 2.28 bits per heavy atom. The highest BCUT2D eigenvalue weighted by molar-refractivity contribution is 9.10. The Bertz CT molecular complexity index is 538. The molecule has 1 N–H and O–H groups in total. The maximum absolute atomic E-state index is 6.03. The number of aryl methyl sites for hydroxylation is 2. The molecule has 0 aliphatic heterocycles. The molecule has 96 valence electrons. The fraction of sp³-hybridized carbons (Fsp3) is 0.231. The van der Waals surface area contributed by atoms with Crippen LogP contribution in [0.15, 0.2) is 27.1 Å². The van der Waals surface area contributed by atoms with Gasteiger partial charge in [0.1, 0.15) is 4.34 Å². The first kappa shape index (κ1) is 14.4. The zero-order valence-corrected chi connectivity index (χ0v) is 14.7. The second-order valence-corrected chi connectivity index (χ2v) is 7.61. The van der Waals surface area contributed by atoms with Crippen LogP contribution in [0.3, 0.4) is 0 Å². The van der Waals surface area contributed by atoms with Gasteiger partial charge in [0.15, 0.2) is 0 Å². The molecule has 2 aromatic rings. The van der Waals surface area contributed by atoms with Crippen molar-refractivity contribution in [2.24, 2.45) is 0 Å². The van der Waals surface area contributed by atoms with Crippen molar-refractivity contribution in [2.45, 2.75) is 20.4 Å². The van der Waals surface area contributed by atoms with Crippen molar-refractivity contribution in [1.29, 1.82) is 0 Å². The van der Waals surface area contributed by atoms with E-state index in [0.29, 0.717) is 0 Å². The van der Waals surface area contributed by atoms with Gasteiger partial charge in [0.2, 0.25) is 0 Å². The summed E-state index contributed by atoms with van der Waals surface area (Å²) in [5.74, 6) is 0. The molecule has 0 amide bonds. The van der Waals surface area contributed by atoms with Crippen LogP contribution < -0.4 is 5.32 Å². The van der Waals surface area contributed by atoms with Crippen LogP contribution in [0.5, 0.6) is 0 Å². The Kier molecular flexibility index (Phi) is 4.75. The van der Waals surface area contributed by atoms with E-state index >= 15 is 0 Å². The highest BCUT2D eigenvalue weighted by Gasteiger charge is 2.07. The third-order valence-corrected chi connectivity index (χ3v) is 5.57. The van der Waals surface area contributed by atoms with Gasteiger partial charge in [-0.15, -0.1) is 11.3 Å². The van der Waals surface area contributed by atoms with E-state index in [1.807, 2.05) is 0 Å². The summed E-state index contributed by atoms with van der Waals surface area (Å²) >= 11 is 14.6. The van der Waals surface area contributed by atoms with E-state index in [0.717, 1.165) is 19.8 Å². The molecule has 0 unspecified atom stereocenters. The van der Waals surface area contributed by atoms with Crippen LogP contribution in [0.1, 0.15) is 16.0 Å². The van der Waals surface area contributed by atoms with Gasteiger partial charge in [0.05, 0.1) is 0 Å². The van der Waals surface area contributed by atoms with Gasteiger partial charge >= 0.3 is 0 Å². The standard InChI is InChI=1S/C13H12Br2ClNS/c1-7-3-9(14)4-8(2)12(7)17-6-10-5-11(15)13(16)18-10/h3-5,17H,6H2,1-2H3. The van der Waals surface area contributed by atoms with Gasteiger partial charge in [-0.3, -0.25) is 0 Å². The van der Waals surface area contributed by atoms with E-state index in [-0.39, 0.29) is 0 Å². The summed E-state index contributed by atoms with van der Waals surface area (Å²) in [6.45, 7) is 5.01. The maximum Gasteiger partial charge on any atom is 0.107 e. The van der Waals surface area contributed by atoms with Crippen molar-refractivity contribution >= 4 is 60.5 Å². The van der Waals surface area contributed by atoms with Crippen LogP contribution in [-0.2, 0) is 6.54 Å². The fourth-order valence-corrected chi connectivity index (χ4v) is 4.26. The van der Waals surface area contributed by atoms with E-state index in [2.05, 4.69) is 69.2 Å². The molecule has 0 radical (unpaired) electrons. The molecule has 0 aliphatic rings. The van der Waals surface area contributed by atoms with Crippen molar-refractivity contribution in [2.75, 3.05) is 5.32 Å². The lowest BCUT2D eigenvalue weighted by Crippen LogP contribution is -2.01. The van der Waals surface area contributed by atoms with E-state index in [9.17, 15) is 0 Å². The van der Waals surface area contributed by atoms with Gasteiger partial charge in [-0.05, 0) is 59.1 Å². The Morgan fingerprint density at radius 1 is 1.17 bits per heavy atom. The molecule has 1 nitrogen and oxygen atoms in total. The molecule has 1 aromatic heterocycles. The van der Waals surface area contributed by atoms with Crippen LogP contribution in [0.4, 0.5) is 5.69 Å². The number of anilines is 1. The van der Waals surface area contributed by atoms with Crippen LogP contribution in [0, 0.1) is 13.8 Å². The Labute approximate surface area is 133 Å². The second-order valence-electron chi connectivity index (χ2n) is 4.10. The average Bonchev–Trinajstić information content (AvgIpc) is 2.56. The molecule has 0 aliphatic carbocycles. The number of thiophene rings is 1. The van der Waals surface area contributed by atoms with E-state index in [1.54, 1.807) is 11.3 Å². The second kappa shape index (κ2) is 5.95. The van der Waals surface area contributed by atoms with Crippen LogP contribution >= 0.6 is 54.8 Å². The van der Waals surface area contributed by atoms with Gasteiger partial charge in [-0.25, -0.2) is 0 Å². The monoisotopic (exact) mass is 407 g/mol. The van der Waals surface area contributed by atoms with Crippen molar-refractivity contribution < 1.29 is 0 Å². The van der Waals surface area contributed by atoms with Crippen LogP contribution in [-0.4, -0.2) is 0 Å². The maximum atomic E-state index is 6.03. The van der Waals surface area contributed by atoms with E-state index in [1.165, 1.54) is 21.7 Å². The minimum absolute atomic E-state index is 0.791. The van der Waals surface area contributed by atoms with Crippen LogP contribution in [0.25, 0.3) is 0 Å². The molecular formula is C13H12Br2ClNS. The summed E-state index contributed by atoms with van der Waals surface area (Å²) in [4.78, 5) is 1.22. The summed E-state index contributed by atoms with van der Waals surface area (Å²) in [6.07, 6.45) is 0. The summed E-state index contributed by atoms with van der Waals surface area (Å²) in [6, 6.07) is 6.29. The third-order valence-electron chi connectivity index (χ3n) is 2.63. The third kappa shape index (κ3) is 3.29. The Balaban J connectivity index is 2.15. The van der Waals surface area contributed by atoms with Crippen molar-refractivity contribution in [3.63, 3.8) is 0 Å². The van der Waals surface area contributed by atoms with Crippen molar-refractivity contribution in [1.82, 2.24) is 0 Å². The quantitative estimate of drug-likeness (QED) is 0.641. The molecule has 2 rings (SSSR count). The molecule has 0 saturated heterocycles. The summed E-state index contributed by atoms with van der Waals surface area (Å²) < 4.78 is 2.89. The first-order valence-electron chi connectivity index (χ1n) is 5.41. The average molecular weight is 410 g/mol. The molecule has 1 heterocycles.